The number of benzene rings is 1. The van der Waals surface area contributed by atoms with Gasteiger partial charge in [-0.3, -0.25) is 9.59 Å². The molecule has 12 heteroatoms. The molecule has 0 atom stereocenters. The van der Waals surface area contributed by atoms with E-state index in [0.717, 1.165) is 41.1 Å². The van der Waals surface area contributed by atoms with Gasteiger partial charge in [0.25, 0.3) is 5.56 Å². The van der Waals surface area contributed by atoms with Gasteiger partial charge in [-0.05, 0) is 30.7 Å². The molecule has 0 aliphatic rings. The highest BCUT2D eigenvalue weighted by molar-refractivity contribution is 7.89. The maximum absolute atomic E-state index is 13.1. The van der Waals surface area contributed by atoms with Crippen LogP contribution >= 0.6 is 0 Å². The lowest BCUT2D eigenvalue weighted by Crippen LogP contribution is -2.33. The van der Waals surface area contributed by atoms with Gasteiger partial charge in [-0.2, -0.15) is 17.5 Å². The van der Waals surface area contributed by atoms with Crippen molar-refractivity contribution in [3.05, 3.63) is 52.4 Å². The maximum atomic E-state index is 13.1. The molecule has 1 N–H and O–H groups in total. The van der Waals surface area contributed by atoms with Crippen molar-refractivity contribution in [1.29, 1.82) is 0 Å². The number of rotatable bonds is 10. The summed E-state index contributed by atoms with van der Waals surface area (Å²) < 4.78 is 72.2. The van der Waals surface area contributed by atoms with Gasteiger partial charge in [0.05, 0.1) is 22.8 Å². The molecule has 0 saturated heterocycles. The normalized spacial score (nSPS) is 12.1. The minimum Gasteiger partial charge on any atom is -0.491 e. The lowest BCUT2D eigenvalue weighted by atomic mass is 10.1. The summed E-state index contributed by atoms with van der Waals surface area (Å²) >= 11 is 0. The molecule has 1 aromatic carbocycles. The molecule has 0 aliphatic heterocycles. The average molecular weight is 490 g/mol. The largest absolute Gasteiger partial charge is 0.491 e. The number of aromatic nitrogens is 1. The van der Waals surface area contributed by atoms with Crippen LogP contribution in [0.3, 0.4) is 0 Å². The van der Waals surface area contributed by atoms with Crippen LogP contribution in [0.25, 0.3) is 0 Å². The van der Waals surface area contributed by atoms with E-state index in [4.69, 9.17) is 4.74 Å². The number of anilines is 1. The molecule has 0 radical (unpaired) electrons. The number of ether oxygens (including phenoxy) is 1. The number of nitrogens with one attached hydrogen (secondary N) is 1. The third-order valence-electron chi connectivity index (χ3n) is 4.66. The summed E-state index contributed by atoms with van der Waals surface area (Å²) in [5, 5.41) is 2.33. The van der Waals surface area contributed by atoms with Gasteiger partial charge in [-0.15, -0.1) is 0 Å². The first-order valence-electron chi connectivity index (χ1n) is 10.3. The van der Waals surface area contributed by atoms with E-state index in [1.165, 1.54) is 4.31 Å². The fraction of sp³-hybridized carbons (Fsp3) is 0.429. The molecule has 0 fully saturated rings. The number of pyridine rings is 1. The van der Waals surface area contributed by atoms with E-state index < -0.39 is 39.8 Å². The Bertz CT molecular complexity index is 1140. The highest BCUT2D eigenvalue weighted by Gasteiger charge is 2.31. The Hall–Kier alpha value is -2.86. The fourth-order valence-corrected chi connectivity index (χ4v) is 4.46. The summed E-state index contributed by atoms with van der Waals surface area (Å²) in [6.07, 6.45) is -3.00. The van der Waals surface area contributed by atoms with Crippen molar-refractivity contribution < 1.29 is 31.1 Å². The molecule has 2 rings (SSSR count). The van der Waals surface area contributed by atoms with Crippen LogP contribution in [0.1, 0.15) is 32.8 Å². The van der Waals surface area contributed by atoms with Crippen LogP contribution in [-0.2, 0) is 27.5 Å². The smallest absolute Gasteiger partial charge is 0.416 e. The second-order valence-electron chi connectivity index (χ2n) is 7.03. The second-order valence-corrected chi connectivity index (χ2v) is 8.96. The topological polar surface area (TPSA) is 97.7 Å². The average Bonchev–Trinajstić information content (AvgIpc) is 2.74. The first-order chi connectivity index (χ1) is 15.4. The van der Waals surface area contributed by atoms with Crippen LogP contribution in [0.2, 0.25) is 0 Å². The number of carbonyl (C=O) groups is 1. The van der Waals surface area contributed by atoms with E-state index in [1.807, 2.05) is 6.92 Å². The zero-order chi connectivity index (χ0) is 24.8. The van der Waals surface area contributed by atoms with Gasteiger partial charge in [-0.25, -0.2) is 8.42 Å². The van der Waals surface area contributed by atoms with E-state index in [-0.39, 0.29) is 36.0 Å². The summed E-state index contributed by atoms with van der Waals surface area (Å²) in [5.74, 6) is -0.779. The zero-order valence-electron chi connectivity index (χ0n) is 18.5. The first-order valence-corrected chi connectivity index (χ1v) is 11.7. The number of sulfonamides is 1. The van der Waals surface area contributed by atoms with E-state index in [2.05, 4.69) is 5.32 Å². The van der Waals surface area contributed by atoms with Gasteiger partial charge < -0.3 is 14.6 Å². The van der Waals surface area contributed by atoms with Crippen LogP contribution < -0.4 is 15.6 Å². The van der Waals surface area contributed by atoms with Crippen molar-refractivity contribution in [1.82, 2.24) is 8.87 Å². The molecular formula is C21H26F3N3O5S. The van der Waals surface area contributed by atoms with E-state index >= 15 is 0 Å². The SMILES string of the molecule is CCCOc1ccc(C(F)(F)F)cc1NC(=O)Cn1cc(S(=O)(=O)N(CC)CC)ccc1=O. The number of nitrogens with zero attached hydrogens (tertiary/aromatic N) is 2. The Morgan fingerprint density at radius 1 is 1.12 bits per heavy atom. The molecule has 0 aliphatic carbocycles. The minimum atomic E-state index is -4.63. The van der Waals surface area contributed by atoms with Crippen LogP contribution in [0.15, 0.2) is 46.2 Å². The second kappa shape index (κ2) is 10.8. The molecule has 0 bridgehead atoms. The molecule has 1 aromatic heterocycles. The third-order valence-corrected chi connectivity index (χ3v) is 6.69. The van der Waals surface area contributed by atoms with Gasteiger partial charge in [0.15, 0.2) is 0 Å². The number of alkyl halides is 3. The Balaban J connectivity index is 2.33. The molecule has 0 unspecified atom stereocenters. The van der Waals surface area contributed by atoms with Crippen molar-refractivity contribution >= 4 is 21.6 Å². The molecule has 8 nitrogen and oxygen atoms in total. The van der Waals surface area contributed by atoms with Crippen molar-refractivity contribution in [2.24, 2.45) is 0 Å². The molecule has 33 heavy (non-hydrogen) atoms. The fourth-order valence-electron chi connectivity index (χ4n) is 2.98. The standard InChI is InChI=1S/C21H26F3N3O5S/c1-4-11-32-18-9-7-15(21(22,23)24)12-17(18)25-19(28)14-26-13-16(8-10-20(26)29)33(30,31)27(5-2)6-3/h7-10,12-13H,4-6,11,14H2,1-3H3,(H,25,28). The lowest BCUT2D eigenvalue weighted by Gasteiger charge is -2.19. The summed E-state index contributed by atoms with van der Waals surface area (Å²) in [6.45, 7) is 5.19. The summed E-state index contributed by atoms with van der Waals surface area (Å²) in [4.78, 5) is 24.6. The molecule has 2 aromatic rings. The number of carbonyl (C=O) groups excluding carboxylic acids is 1. The third kappa shape index (κ3) is 6.57. The highest BCUT2D eigenvalue weighted by Crippen LogP contribution is 2.35. The van der Waals surface area contributed by atoms with Crippen molar-refractivity contribution in [2.75, 3.05) is 25.0 Å². The van der Waals surface area contributed by atoms with Gasteiger partial charge in [0.1, 0.15) is 12.3 Å². The Kier molecular flexibility index (Phi) is 8.67. The predicted octanol–water partition coefficient (Wildman–Crippen LogP) is 3.33. The van der Waals surface area contributed by atoms with Crippen molar-refractivity contribution in [3.8, 4) is 5.75 Å². The number of hydrogen-bond acceptors (Lipinski definition) is 5. The molecule has 0 saturated carbocycles. The summed E-state index contributed by atoms with van der Waals surface area (Å²) in [6, 6.07) is 4.86. The predicted molar refractivity (Wildman–Crippen MR) is 117 cm³/mol. The molecular weight excluding hydrogens is 463 g/mol. The minimum absolute atomic E-state index is 0.0448. The highest BCUT2D eigenvalue weighted by atomic mass is 32.2. The van der Waals surface area contributed by atoms with Crippen LogP contribution in [0.5, 0.6) is 5.75 Å². The van der Waals surface area contributed by atoms with Crippen LogP contribution in [0, 0.1) is 0 Å². The van der Waals surface area contributed by atoms with Crippen molar-refractivity contribution in [3.63, 3.8) is 0 Å². The number of halogens is 3. The van der Waals surface area contributed by atoms with Gasteiger partial charge in [0.2, 0.25) is 15.9 Å². The maximum Gasteiger partial charge on any atom is 0.416 e. The van der Waals surface area contributed by atoms with E-state index in [9.17, 15) is 31.2 Å². The Labute approximate surface area is 190 Å². The van der Waals surface area contributed by atoms with Crippen molar-refractivity contribution in [2.45, 2.75) is 44.8 Å². The molecule has 1 amide bonds. The quantitative estimate of drug-likeness (QED) is 0.552. The van der Waals surface area contributed by atoms with E-state index in [0.29, 0.717) is 6.42 Å². The molecule has 182 valence electrons. The number of amides is 1. The summed E-state index contributed by atoms with van der Waals surface area (Å²) in [7, 11) is -3.88. The first kappa shape index (κ1) is 26.4. The Morgan fingerprint density at radius 2 is 1.79 bits per heavy atom. The van der Waals surface area contributed by atoms with Crippen LogP contribution in [-0.4, -0.2) is 42.9 Å². The van der Waals surface area contributed by atoms with Gasteiger partial charge in [0, 0.05) is 25.4 Å². The molecule has 0 spiro atoms. The number of hydrogen-bond donors (Lipinski definition) is 1. The zero-order valence-corrected chi connectivity index (χ0v) is 19.3. The Morgan fingerprint density at radius 3 is 2.36 bits per heavy atom. The van der Waals surface area contributed by atoms with E-state index in [1.54, 1.807) is 13.8 Å². The van der Waals surface area contributed by atoms with Gasteiger partial charge >= 0.3 is 6.18 Å². The molecule has 1 heterocycles. The lowest BCUT2D eigenvalue weighted by molar-refractivity contribution is -0.137. The van der Waals surface area contributed by atoms with Gasteiger partial charge in [-0.1, -0.05) is 20.8 Å². The summed E-state index contributed by atoms with van der Waals surface area (Å²) in [5.41, 5.74) is -1.83. The van der Waals surface area contributed by atoms with Crippen LogP contribution in [0.4, 0.5) is 18.9 Å². The monoisotopic (exact) mass is 489 g/mol.